The van der Waals surface area contributed by atoms with Crippen LogP contribution in [0.5, 0.6) is 0 Å². The zero-order valence-electron chi connectivity index (χ0n) is 16.1. The number of hydrogen-bond acceptors (Lipinski definition) is 5. The maximum atomic E-state index is 12.8. The average Bonchev–Trinajstić information content (AvgIpc) is 2.70. The second kappa shape index (κ2) is 8.40. The lowest BCUT2D eigenvalue weighted by atomic mass is 10.1. The van der Waals surface area contributed by atoms with Crippen molar-refractivity contribution in [3.05, 3.63) is 82.1 Å². The number of hydrogen-bond donors (Lipinski definition) is 1. The number of carbonyl (C=O) groups is 1. The van der Waals surface area contributed by atoms with E-state index in [4.69, 9.17) is 0 Å². The summed E-state index contributed by atoms with van der Waals surface area (Å²) in [5.74, 6) is -0.478. The molecule has 0 bridgehead atoms. The molecule has 8 heteroatoms. The van der Waals surface area contributed by atoms with Gasteiger partial charge < -0.3 is 5.32 Å². The van der Waals surface area contributed by atoms with E-state index < -0.39 is 27.8 Å². The molecule has 0 saturated heterocycles. The first-order valence-corrected chi connectivity index (χ1v) is 10.6. The average molecular weight is 411 g/mol. The van der Waals surface area contributed by atoms with E-state index in [1.807, 2.05) is 19.1 Å². The fourth-order valence-corrected chi connectivity index (χ4v) is 4.04. The van der Waals surface area contributed by atoms with Crippen molar-refractivity contribution in [1.29, 1.82) is 0 Å². The molecule has 0 aliphatic heterocycles. The molecule has 0 aliphatic carbocycles. The minimum atomic E-state index is -3.91. The van der Waals surface area contributed by atoms with E-state index in [9.17, 15) is 18.0 Å². The molecule has 1 amide bonds. The Morgan fingerprint density at radius 3 is 2.45 bits per heavy atom. The number of nitrogens with zero attached hydrogens (tertiary/aromatic N) is 2. The highest BCUT2D eigenvalue weighted by Crippen LogP contribution is 2.19. The Balaban J connectivity index is 1.83. The standard InChI is InChI=1S/C21H21N3O4S/c1-3-16-7-9-17(10-8-16)22-19(25)14-24-21(26)12-11-20(23-24)29(27,28)18-6-4-5-15(2)13-18/h4-13H,3,14H2,1-2H3,(H,22,25). The van der Waals surface area contributed by atoms with E-state index in [-0.39, 0.29) is 9.92 Å². The first-order valence-electron chi connectivity index (χ1n) is 9.08. The highest BCUT2D eigenvalue weighted by molar-refractivity contribution is 7.91. The predicted octanol–water partition coefficient (Wildman–Crippen LogP) is 2.59. The van der Waals surface area contributed by atoms with Gasteiger partial charge in [0.2, 0.25) is 15.7 Å². The molecule has 0 radical (unpaired) electrons. The second-order valence-electron chi connectivity index (χ2n) is 6.59. The molecule has 0 atom stereocenters. The molecule has 2 aromatic carbocycles. The molecule has 0 unspecified atom stereocenters. The summed E-state index contributed by atoms with van der Waals surface area (Å²) in [4.78, 5) is 24.5. The van der Waals surface area contributed by atoms with Gasteiger partial charge in [0.1, 0.15) is 6.54 Å². The first-order chi connectivity index (χ1) is 13.8. The van der Waals surface area contributed by atoms with Gasteiger partial charge in [-0.3, -0.25) is 9.59 Å². The Hall–Kier alpha value is -3.26. The minimum absolute atomic E-state index is 0.0793. The van der Waals surface area contributed by atoms with Crippen molar-refractivity contribution >= 4 is 21.4 Å². The number of carbonyl (C=O) groups excluding carboxylic acids is 1. The van der Waals surface area contributed by atoms with Crippen LogP contribution in [-0.2, 0) is 27.6 Å². The number of rotatable bonds is 6. The molecule has 3 aromatic rings. The van der Waals surface area contributed by atoms with Gasteiger partial charge in [-0.25, -0.2) is 13.1 Å². The lowest BCUT2D eigenvalue weighted by Crippen LogP contribution is -2.30. The van der Waals surface area contributed by atoms with Gasteiger partial charge in [0.25, 0.3) is 5.56 Å². The van der Waals surface area contributed by atoms with Crippen LogP contribution in [-0.4, -0.2) is 24.1 Å². The van der Waals surface area contributed by atoms with Gasteiger partial charge in [-0.05, 0) is 54.8 Å². The molecule has 0 fully saturated rings. The zero-order valence-corrected chi connectivity index (χ0v) is 16.9. The van der Waals surface area contributed by atoms with Crippen LogP contribution in [0.3, 0.4) is 0 Å². The third-order valence-electron chi connectivity index (χ3n) is 4.36. The van der Waals surface area contributed by atoms with Crippen LogP contribution in [0, 0.1) is 6.92 Å². The summed E-state index contributed by atoms with van der Waals surface area (Å²) in [6.45, 7) is 3.42. The summed E-state index contributed by atoms with van der Waals surface area (Å²) < 4.78 is 26.5. The molecule has 7 nitrogen and oxygen atoms in total. The SMILES string of the molecule is CCc1ccc(NC(=O)Cn2nc(S(=O)(=O)c3cccc(C)c3)ccc2=O)cc1. The van der Waals surface area contributed by atoms with Gasteiger partial charge in [0.15, 0.2) is 5.03 Å². The number of aryl methyl sites for hydroxylation is 2. The van der Waals surface area contributed by atoms with Crippen LogP contribution in [0.25, 0.3) is 0 Å². The Labute approximate surface area is 168 Å². The molecule has 0 aliphatic rings. The van der Waals surface area contributed by atoms with E-state index in [1.54, 1.807) is 31.2 Å². The van der Waals surface area contributed by atoms with E-state index in [1.165, 1.54) is 12.1 Å². The van der Waals surface area contributed by atoms with Crippen molar-refractivity contribution < 1.29 is 13.2 Å². The highest BCUT2D eigenvalue weighted by Gasteiger charge is 2.21. The first kappa shape index (κ1) is 20.5. The van der Waals surface area contributed by atoms with Crippen molar-refractivity contribution in [2.75, 3.05) is 5.32 Å². The maximum Gasteiger partial charge on any atom is 0.267 e. The molecule has 3 rings (SSSR count). The van der Waals surface area contributed by atoms with Crippen molar-refractivity contribution in [3.8, 4) is 0 Å². The van der Waals surface area contributed by atoms with E-state index in [0.717, 1.165) is 34.4 Å². The number of amides is 1. The quantitative estimate of drug-likeness (QED) is 0.672. The zero-order chi connectivity index (χ0) is 21.0. The molecule has 1 N–H and O–H groups in total. The van der Waals surface area contributed by atoms with Crippen LogP contribution in [0.1, 0.15) is 18.1 Å². The maximum absolute atomic E-state index is 12.8. The number of aromatic nitrogens is 2. The molecular formula is C21H21N3O4S. The number of benzene rings is 2. The fourth-order valence-electron chi connectivity index (χ4n) is 2.75. The lowest BCUT2D eigenvalue weighted by Gasteiger charge is -2.09. The summed E-state index contributed by atoms with van der Waals surface area (Å²) in [7, 11) is -3.91. The van der Waals surface area contributed by atoms with Gasteiger partial charge in [-0.1, -0.05) is 31.2 Å². The summed E-state index contributed by atoms with van der Waals surface area (Å²) in [6.07, 6.45) is 0.885. The van der Waals surface area contributed by atoms with Gasteiger partial charge in [-0.2, -0.15) is 5.10 Å². The monoisotopic (exact) mass is 411 g/mol. The largest absolute Gasteiger partial charge is 0.324 e. The molecule has 1 heterocycles. The topological polar surface area (TPSA) is 98.1 Å². The fraction of sp³-hybridized carbons (Fsp3) is 0.190. The summed E-state index contributed by atoms with van der Waals surface area (Å²) >= 11 is 0. The van der Waals surface area contributed by atoms with E-state index >= 15 is 0 Å². The molecule has 1 aromatic heterocycles. The van der Waals surface area contributed by atoms with Crippen molar-refractivity contribution in [1.82, 2.24) is 9.78 Å². The molecule has 0 spiro atoms. The van der Waals surface area contributed by atoms with Crippen LogP contribution in [0.15, 0.2) is 75.4 Å². The summed E-state index contributed by atoms with van der Waals surface area (Å²) in [5.41, 5.74) is 1.94. The van der Waals surface area contributed by atoms with E-state index in [0.29, 0.717) is 5.69 Å². The molecule has 0 saturated carbocycles. The number of sulfone groups is 1. The van der Waals surface area contributed by atoms with E-state index in [2.05, 4.69) is 10.4 Å². The van der Waals surface area contributed by atoms with Crippen LogP contribution < -0.4 is 10.9 Å². The van der Waals surface area contributed by atoms with Crippen molar-refractivity contribution in [3.63, 3.8) is 0 Å². The Morgan fingerprint density at radius 2 is 1.79 bits per heavy atom. The third kappa shape index (κ3) is 4.78. The molecule has 29 heavy (non-hydrogen) atoms. The lowest BCUT2D eigenvalue weighted by molar-refractivity contribution is -0.117. The normalized spacial score (nSPS) is 11.2. The smallest absolute Gasteiger partial charge is 0.267 e. The Morgan fingerprint density at radius 1 is 1.07 bits per heavy atom. The van der Waals surface area contributed by atoms with Gasteiger partial charge >= 0.3 is 0 Å². The summed E-state index contributed by atoms with van der Waals surface area (Å²) in [5, 5.41) is 6.30. The Kier molecular flexibility index (Phi) is 5.93. The Bertz CT molecular complexity index is 1200. The van der Waals surface area contributed by atoms with Crippen LogP contribution in [0.4, 0.5) is 5.69 Å². The minimum Gasteiger partial charge on any atom is -0.324 e. The highest BCUT2D eigenvalue weighted by atomic mass is 32.2. The van der Waals surface area contributed by atoms with Crippen molar-refractivity contribution in [2.24, 2.45) is 0 Å². The number of nitrogens with one attached hydrogen (secondary N) is 1. The van der Waals surface area contributed by atoms with Gasteiger partial charge in [-0.15, -0.1) is 0 Å². The van der Waals surface area contributed by atoms with Crippen LogP contribution >= 0.6 is 0 Å². The summed E-state index contributed by atoms with van der Waals surface area (Å²) in [6, 6.07) is 16.0. The van der Waals surface area contributed by atoms with Gasteiger partial charge in [0.05, 0.1) is 4.90 Å². The molecular weight excluding hydrogens is 390 g/mol. The second-order valence-corrected chi connectivity index (χ2v) is 8.48. The van der Waals surface area contributed by atoms with Gasteiger partial charge in [0, 0.05) is 11.8 Å². The molecule has 150 valence electrons. The van der Waals surface area contributed by atoms with Crippen molar-refractivity contribution in [2.45, 2.75) is 36.7 Å². The predicted molar refractivity (Wildman–Crippen MR) is 110 cm³/mol. The number of anilines is 1. The van der Waals surface area contributed by atoms with Crippen LogP contribution in [0.2, 0.25) is 0 Å². The third-order valence-corrected chi connectivity index (χ3v) is 6.00.